The molecule has 0 aromatic heterocycles. The lowest BCUT2D eigenvalue weighted by molar-refractivity contribution is 0.0996. The highest BCUT2D eigenvalue weighted by Gasteiger charge is 2.18. The van der Waals surface area contributed by atoms with Crippen LogP contribution in [0.2, 0.25) is 0 Å². The number of hydrogen-bond acceptors (Lipinski definition) is 5. The fourth-order valence-corrected chi connectivity index (χ4v) is 3.23. The summed E-state index contributed by atoms with van der Waals surface area (Å²) in [5.41, 5.74) is 8.61. The standard InChI is InChI=1S/C21H24N4O3/c1-28-23-14-15-5-7-16(8-6-15)21(27)24-18-13-17(20(22)26)9-10-19(18)25-11-3-2-4-12-25/h5-10,13-14H,2-4,11-12H2,1H3,(H2,22,26)(H,24,27)/b23-14+. The first kappa shape index (κ1) is 19.4. The third-order valence-corrected chi connectivity index (χ3v) is 4.71. The van der Waals surface area contributed by atoms with Gasteiger partial charge in [-0.1, -0.05) is 17.3 Å². The second-order valence-corrected chi connectivity index (χ2v) is 6.64. The zero-order valence-corrected chi connectivity index (χ0v) is 15.9. The second kappa shape index (κ2) is 9.03. The molecule has 2 aromatic carbocycles. The number of piperidine rings is 1. The van der Waals surface area contributed by atoms with Crippen LogP contribution < -0.4 is 16.0 Å². The lowest BCUT2D eigenvalue weighted by Crippen LogP contribution is -2.30. The van der Waals surface area contributed by atoms with Gasteiger partial charge in [0.05, 0.1) is 17.6 Å². The van der Waals surface area contributed by atoms with E-state index in [2.05, 4.69) is 20.2 Å². The molecular formula is C21H24N4O3. The van der Waals surface area contributed by atoms with Crippen LogP contribution in [-0.2, 0) is 4.84 Å². The summed E-state index contributed by atoms with van der Waals surface area (Å²) in [5.74, 6) is -0.780. The molecular weight excluding hydrogens is 356 g/mol. The van der Waals surface area contributed by atoms with Crippen molar-refractivity contribution < 1.29 is 14.4 Å². The van der Waals surface area contributed by atoms with Crippen molar-refractivity contribution in [1.82, 2.24) is 0 Å². The third-order valence-electron chi connectivity index (χ3n) is 4.71. The molecule has 1 aliphatic heterocycles. The van der Waals surface area contributed by atoms with Crippen LogP contribution >= 0.6 is 0 Å². The van der Waals surface area contributed by atoms with Crippen molar-refractivity contribution in [3.05, 3.63) is 59.2 Å². The second-order valence-electron chi connectivity index (χ2n) is 6.64. The minimum atomic E-state index is -0.525. The van der Waals surface area contributed by atoms with Gasteiger partial charge in [0.1, 0.15) is 7.11 Å². The van der Waals surface area contributed by atoms with E-state index in [0.717, 1.165) is 37.2 Å². The first-order valence-corrected chi connectivity index (χ1v) is 9.25. The van der Waals surface area contributed by atoms with Gasteiger partial charge in [-0.25, -0.2) is 0 Å². The summed E-state index contributed by atoms with van der Waals surface area (Å²) < 4.78 is 0. The predicted molar refractivity (Wildman–Crippen MR) is 110 cm³/mol. The molecule has 7 nitrogen and oxygen atoms in total. The number of hydrogen-bond donors (Lipinski definition) is 2. The summed E-state index contributed by atoms with van der Waals surface area (Å²) in [6, 6.07) is 12.2. The quantitative estimate of drug-likeness (QED) is 0.595. The molecule has 3 N–H and O–H groups in total. The number of nitrogens with zero attached hydrogens (tertiary/aromatic N) is 2. The Hall–Kier alpha value is -3.35. The van der Waals surface area contributed by atoms with E-state index < -0.39 is 5.91 Å². The number of amides is 2. The molecule has 1 fully saturated rings. The Morgan fingerprint density at radius 2 is 1.75 bits per heavy atom. The molecule has 0 radical (unpaired) electrons. The van der Waals surface area contributed by atoms with Crippen LogP contribution in [0.1, 0.15) is 45.5 Å². The van der Waals surface area contributed by atoms with Crippen LogP contribution in [0, 0.1) is 0 Å². The van der Waals surface area contributed by atoms with Crippen molar-refractivity contribution in [1.29, 1.82) is 0 Å². The molecule has 7 heteroatoms. The van der Waals surface area contributed by atoms with Crippen LogP contribution in [0.4, 0.5) is 11.4 Å². The molecule has 0 spiro atoms. The van der Waals surface area contributed by atoms with Gasteiger partial charge < -0.3 is 20.8 Å². The highest BCUT2D eigenvalue weighted by molar-refractivity contribution is 6.07. The topological polar surface area (TPSA) is 97.0 Å². The average Bonchev–Trinajstić information content (AvgIpc) is 2.73. The van der Waals surface area contributed by atoms with Gasteiger partial charge in [0.25, 0.3) is 5.91 Å². The SMILES string of the molecule is CO/N=C/c1ccc(C(=O)Nc2cc(C(N)=O)ccc2N2CCCCC2)cc1. The number of nitrogens with two attached hydrogens (primary N) is 1. The number of benzene rings is 2. The van der Waals surface area contributed by atoms with E-state index in [1.807, 2.05) is 6.07 Å². The largest absolute Gasteiger partial charge is 0.399 e. The van der Waals surface area contributed by atoms with Crippen LogP contribution in [0.5, 0.6) is 0 Å². The molecule has 2 amide bonds. The van der Waals surface area contributed by atoms with Gasteiger partial charge in [0.2, 0.25) is 5.91 Å². The fourth-order valence-electron chi connectivity index (χ4n) is 3.23. The predicted octanol–water partition coefficient (Wildman–Crippen LogP) is 3.01. The first-order chi connectivity index (χ1) is 13.6. The van der Waals surface area contributed by atoms with Crippen molar-refractivity contribution in [2.24, 2.45) is 10.9 Å². The van der Waals surface area contributed by atoms with Gasteiger partial charge in [-0.05, 0) is 55.2 Å². The number of carbonyl (C=O) groups excluding carboxylic acids is 2. The van der Waals surface area contributed by atoms with Crippen molar-refractivity contribution in [3.63, 3.8) is 0 Å². The van der Waals surface area contributed by atoms with Crippen LogP contribution in [-0.4, -0.2) is 38.2 Å². The molecule has 1 aliphatic rings. The lowest BCUT2D eigenvalue weighted by Gasteiger charge is -2.30. The highest BCUT2D eigenvalue weighted by atomic mass is 16.6. The maximum Gasteiger partial charge on any atom is 0.255 e. The van der Waals surface area contributed by atoms with Crippen LogP contribution in [0.15, 0.2) is 47.6 Å². The molecule has 0 atom stereocenters. The Bertz CT molecular complexity index is 872. The molecule has 0 aliphatic carbocycles. The molecule has 0 unspecified atom stereocenters. The van der Waals surface area contributed by atoms with Crippen LogP contribution in [0.3, 0.4) is 0 Å². The van der Waals surface area contributed by atoms with E-state index in [-0.39, 0.29) is 5.91 Å². The van der Waals surface area contributed by atoms with E-state index in [9.17, 15) is 9.59 Å². The van der Waals surface area contributed by atoms with E-state index in [1.54, 1.807) is 42.6 Å². The lowest BCUT2D eigenvalue weighted by atomic mass is 10.1. The van der Waals surface area contributed by atoms with Crippen molar-refractivity contribution >= 4 is 29.4 Å². The van der Waals surface area contributed by atoms with E-state index >= 15 is 0 Å². The number of carbonyl (C=O) groups is 2. The molecule has 3 rings (SSSR count). The third kappa shape index (κ3) is 4.68. The number of anilines is 2. The van der Waals surface area contributed by atoms with Gasteiger partial charge in [0.15, 0.2) is 0 Å². The van der Waals surface area contributed by atoms with Gasteiger partial charge in [-0.2, -0.15) is 0 Å². The monoisotopic (exact) mass is 380 g/mol. The highest BCUT2D eigenvalue weighted by Crippen LogP contribution is 2.30. The molecule has 1 heterocycles. The number of rotatable bonds is 6. The Morgan fingerprint density at radius 3 is 2.39 bits per heavy atom. The Balaban J connectivity index is 1.84. The van der Waals surface area contributed by atoms with E-state index in [1.165, 1.54) is 13.5 Å². The molecule has 0 saturated carbocycles. The Kier molecular flexibility index (Phi) is 6.26. The minimum absolute atomic E-state index is 0.255. The smallest absolute Gasteiger partial charge is 0.255 e. The summed E-state index contributed by atoms with van der Waals surface area (Å²) in [5, 5.41) is 6.63. The molecule has 146 valence electrons. The van der Waals surface area contributed by atoms with E-state index in [4.69, 9.17) is 5.73 Å². The number of nitrogens with one attached hydrogen (secondary N) is 1. The summed E-state index contributed by atoms with van der Waals surface area (Å²) in [7, 11) is 1.47. The Morgan fingerprint density at radius 1 is 1.07 bits per heavy atom. The van der Waals surface area contributed by atoms with Crippen molar-refractivity contribution in [2.45, 2.75) is 19.3 Å². The zero-order valence-electron chi connectivity index (χ0n) is 15.9. The molecule has 2 aromatic rings. The summed E-state index contributed by atoms with van der Waals surface area (Å²) >= 11 is 0. The maximum absolute atomic E-state index is 12.8. The normalized spacial score (nSPS) is 14.1. The summed E-state index contributed by atoms with van der Waals surface area (Å²) in [6.45, 7) is 1.85. The van der Waals surface area contributed by atoms with E-state index in [0.29, 0.717) is 16.8 Å². The first-order valence-electron chi connectivity index (χ1n) is 9.25. The summed E-state index contributed by atoms with van der Waals surface area (Å²) in [6.07, 6.45) is 4.98. The minimum Gasteiger partial charge on any atom is -0.399 e. The van der Waals surface area contributed by atoms with Gasteiger partial charge in [-0.15, -0.1) is 0 Å². The number of primary amides is 1. The fraction of sp³-hybridized carbons (Fsp3) is 0.286. The Labute approximate surface area is 164 Å². The van der Waals surface area contributed by atoms with Gasteiger partial charge >= 0.3 is 0 Å². The summed E-state index contributed by atoms with van der Waals surface area (Å²) in [4.78, 5) is 31.2. The van der Waals surface area contributed by atoms with Crippen molar-refractivity contribution in [2.75, 3.05) is 30.4 Å². The van der Waals surface area contributed by atoms with Crippen molar-refractivity contribution in [3.8, 4) is 0 Å². The molecule has 28 heavy (non-hydrogen) atoms. The zero-order chi connectivity index (χ0) is 19.9. The molecule has 0 bridgehead atoms. The maximum atomic E-state index is 12.8. The molecule has 1 saturated heterocycles. The van der Waals surface area contributed by atoms with Gasteiger partial charge in [0, 0.05) is 24.2 Å². The van der Waals surface area contributed by atoms with Gasteiger partial charge in [-0.3, -0.25) is 9.59 Å². The van der Waals surface area contributed by atoms with Crippen LogP contribution in [0.25, 0.3) is 0 Å². The average molecular weight is 380 g/mol. The number of oxime groups is 1.